The molecular formula is C13H13BrClNO3S2. The molecule has 0 fully saturated rings. The fourth-order valence-corrected chi connectivity index (χ4v) is 5.26. The third-order valence-electron chi connectivity index (χ3n) is 2.82. The molecule has 0 saturated carbocycles. The van der Waals surface area contributed by atoms with Crippen molar-refractivity contribution in [3.8, 4) is 0 Å². The van der Waals surface area contributed by atoms with Crippen molar-refractivity contribution in [1.82, 2.24) is 4.72 Å². The smallest absolute Gasteiger partial charge is 0.242 e. The average Bonchev–Trinajstić information content (AvgIpc) is 2.84. The molecule has 2 rings (SSSR count). The molecule has 114 valence electrons. The molecule has 0 saturated heterocycles. The van der Waals surface area contributed by atoms with Crippen molar-refractivity contribution < 1.29 is 13.5 Å². The molecule has 1 aromatic carbocycles. The van der Waals surface area contributed by atoms with Crippen molar-refractivity contribution in [2.75, 3.05) is 0 Å². The van der Waals surface area contributed by atoms with Gasteiger partial charge in [0.15, 0.2) is 0 Å². The summed E-state index contributed by atoms with van der Waals surface area (Å²) in [5.41, 5.74) is 0.638. The number of aliphatic hydroxyl groups excluding tert-OH is 1. The minimum Gasteiger partial charge on any atom is -0.392 e. The monoisotopic (exact) mass is 409 g/mol. The number of rotatable bonds is 5. The van der Waals surface area contributed by atoms with E-state index in [9.17, 15) is 8.42 Å². The van der Waals surface area contributed by atoms with Crippen molar-refractivity contribution in [1.29, 1.82) is 0 Å². The summed E-state index contributed by atoms with van der Waals surface area (Å²) in [5, 5.41) is 9.06. The molecule has 0 spiro atoms. The van der Waals surface area contributed by atoms with Crippen LogP contribution in [0.3, 0.4) is 0 Å². The fraction of sp³-hybridized carbons (Fsp3) is 0.231. The van der Waals surface area contributed by atoms with Gasteiger partial charge in [-0.15, -0.1) is 11.3 Å². The van der Waals surface area contributed by atoms with E-state index in [2.05, 4.69) is 20.7 Å². The molecule has 0 aliphatic heterocycles. The number of halogens is 2. The van der Waals surface area contributed by atoms with Gasteiger partial charge in [0.05, 0.1) is 21.9 Å². The quantitative estimate of drug-likeness (QED) is 0.790. The molecule has 0 aliphatic carbocycles. The minimum absolute atomic E-state index is 0.134. The van der Waals surface area contributed by atoms with E-state index in [1.807, 2.05) is 0 Å². The van der Waals surface area contributed by atoms with Gasteiger partial charge < -0.3 is 5.11 Å². The number of sulfonamides is 1. The molecule has 8 heteroatoms. The third-order valence-corrected chi connectivity index (χ3v) is 6.75. The first-order valence-electron chi connectivity index (χ1n) is 6.00. The second-order valence-electron chi connectivity index (χ2n) is 4.41. The van der Waals surface area contributed by atoms with E-state index in [0.717, 1.165) is 4.88 Å². The van der Waals surface area contributed by atoms with Crippen LogP contribution in [-0.4, -0.2) is 13.5 Å². The molecule has 1 unspecified atom stereocenters. The Morgan fingerprint density at radius 3 is 2.62 bits per heavy atom. The molecule has 1 heterocycles. The Bertz CT molecular complexity index is 746. The first-order valence-corrected chi connectivity index (χ1v) is 9.47. The Hall–Kier alpha value is -0.440. The van der Waals surface area contributed by atoms with Gasteiger partial charge in [-0.05, 0) is 52.7 Å². The highest BCUT2D eigenvalue weighted by Crippen LogP contribution is 2.29. The summed E-state index contributed by atoms with van der Waals surface area (Å²) in [6.45, 7) is 1.62. The van der Waals surface area contributed by atoms with Crippen molar-refractivity contribution in [3.05, 3.63) is 49.6 Å². The molecule has 4 nitrogen and oxygen atoms in total. The van der Waals surface area contributed by atoms with Crippen LogP contribution in [0.15, 0.2) is 39.7 Å². The molecule has 0 radical (unpaired) electrons. The summed E-state index contributed by atoms with van der Waals surface area (Å²) in [6.07, 6.45) is 0. The SMILES string of the molecule is CC(NS(=O)(=O)c1ccc(CO)cc1Br)c1ccc(Cl)s1. The maximum absolute atomic E-state index is 12.4. The third kappa shape index (κ3) is 4.06. The van der Waals surface area contributed by atoms with Crippen LogP contribution in [0.1, 0.15) is 23.4 Å². The molecule has 0 amide bonds. The highest BCUT2D eigenvalue weighted by atomic mass is 79.9. The van der Waals surface area contributed by atoms with Crippen LogP contribution in [0, 0.1) is 0 Å². The summed E-state index contributed by atoms with van der Waals surface area (Å²) in [7, 11) is -3.67. The number of thiophene rings is 1. The Labute approximate surface area is 140 Å². The summed E-state index contributed by atoms with van der Waals surface area (Å²) in [4.78, 5) is 0.973. The van der Waals surface area contributed by atoms with Crippen LogP contribution in [0.5, 0.6) is 0 Å². The lowest BCUT2D eigenvalue weighted by Gasteiger charge is -2.14. The van der Waals surface area contributed by atoms with Gasteiger partial charge in [-0.3, -0.25) is 0 Å². The van der Waals surface area contributed by atoms with E-state index in [0.29, 0.717) is 14.4 Å². The van der Waals surface area contributed by atoms with E-state index in [1.54, 1.807) is 31.2 Å². The Morgan fingerprint density at radius 2 is 2.10 bits per heavy atom. The first-order chi connectivity index (χ1) is 9.83. The van der Waals surface area contributed by atoms with E-state index in [-0.39, 0.29) is 17.5 Å². The Balaban J connectivity index is 2.26. The second kappa shape index (κ2) is 6.76. The van der Waals surface area contributed by atoms with Gasteiger partial charge in [-0.2, -0.15) is 0 Å². The lowest BCUT2D eigenvalue weighted by Crippen LogP contribution is -2.26. The molecule has 2 aromatic rings. The van der Waals surface area contributed by atoms with Gasteiger partial charge in [0.1, 0.15) is 0 Å². The van der Waals surface area contributed by atoms with Crippen LogP contribution in [-0.2, 0) is 16.6 Å². The first kappa shape index (κ1) is 16.9. The van der Waals surface area contributed by atoms with E-state index >= 15 is 0 Å². The molecule has 0 aliphatic rings. The summed E-state index contributed by atoms with van der Waals surface area (Å²) in [5.74, 6) is 0. The highest BCUT2D eigenvalue weighted by Gasteiger charge is 2.21. The fourth-order valence-electron chi connectivity index (χ4n) is 1.78. The standard InChI is InChI=1S/C13H13BrClNO3S2/c1-8(11-3-5-13(15)20-11)16-21(18,19)12-4-2-9(7-17)6-10(12)14/h2-6,8,16-17H,7H2,1H3. The van der Waals surface area contributed by atoms with Crippen LogP contribution < -0.4 is 4.72 Å². The maximum Gasteiger partial charge on any atom is 0.242 e. The number of nitrogens with one attached hydrogen (secondary N) is 1. The van der Waals surface area contributed by atoms with Gasteiger partial charge in [-0.1, -0.05) is 17.7 Å². The molecular weight excluding hydrogens is 398 g/mol. The zero-order valence-electron chi connectivity index (χ0n) is 11.0. The summed E-state index contributed by atoms with van der Waals surface area (Å²) >= 11 is 10.4. The molecule has 0 bridgehead atoms. The molecule has 21 heavy (non-hydrogen) atoms. The summed E-state index contributed by atoms with van der Waals surface area (Å²) < 4.78 is 28.5. The molecule has 1 aromatic heterocycles. The summed E-state index contributed by atoms with van der Waals surface area (Å²) in [6, 6.07) is 7.78. The number of hydrogen-bond donors (Lipinski definition) is 2. The van der Waals surface area contributed by atoms with Gasteiger partial charge in [0.25, 0.3) is 0 Å². The topological polar surface area (TPSA) is 66.4 Å². The van der Waals surface area contributed by atoms with Crippen molar-refractivity contribution in [2.24, 2.45) is 0 Å². The number of benzene rings is 1. The van der Waals surface area contributed by atoms with Gasteiger partial charge in [0, 0.05) is 9.35 Å². The molecule has 2 N–H and O–H groups in total. The Kier molecular flexibility index (Phi) is 5.45. The predicted octanol–water partition coefficient (Wildman–Crippen LogP) is 3.70. The lowest BCUT2D eigenvalue weighted by molar-refractivity contribution is 0.281. The van der Waals surface area contributed by atoms with Crippen molar-refractivity contribution >= 4 is 48.9 Å². The highest BCUT2D eigenvalue weighted by molar-refractivity contribution is 9.10. The Morgan fingerprint density at radius 1 is 1.38 bits per heavy atom. The molecule has 1 atom stereocenters. The second-order valence-corrected chi connectivity index (χ2v) is 8.69. The van der Waals surface area contributed by atoms with Crippen LogP contribution in [0.4, 0.5) is 0 Å². The van der Waals surface area contributed by atoms with Crippen LogP contribution in [0.25, 0.3) is 0 Å². The lowest BCUT2D eigenvalue weighted by atomic mass is 10.2. The van der Waals surface area contributed by atoms with Crippen LogP contribution in [0.2, 0.25) is 4.34 Å². The predicted molar refractivity (Wildman–Crippen MR) is 88.1 cm³/mol. The van der Waals surface area contributed by atoms with Crippen LogP contribution >= 0.6 is 38.9 Å². The zero-order valence-corrected chi connectivity index (χ0v) is 15.0. The number of hydrogen-bond acceptors (Lipinski definition) is 4. The zero-order chi connectivity index (χ0) is 15.6. The van der Waals surface area contributed by atoms with E-state index in [1.165, 1.54) is 17.4 Å². The normalized spacial score (nSPS) is 13.3. The minimum atomic E-state index is -3.67. The van der Waals surface area contributed by atoms with E-state index in [4.69, 9.17) is 16.7 Å². The van der Waals surface area contributed by atoms with Gasteiger partial charge >= 0.3 is 0 Å². The van der Waals surface area contributed by atoms with Gasteiger partial charge in [0.2, 0.25) is 10.0 Å². The number of aliphatic hydroxyl groups is 1. The van der Waals surface area contributed by atoms with Crippen molar-refractivity contribution in [3.63, 3.8) is 0 Å². The maximum atomic E-state index is 12.4. The van der Waals surface area contributed by atoms with Gasteiger partial charge in [-0.25, -0.2) is 13.1 Å². The largest absolute Gasteiger partial charge is 0.392 e. The van der Waals surface area contributed by atoms with E-state index < -0.39 is 10.0 Å². The average molecular weight is 411 g/mol. The van der Waals surface area contributed by atoms with Crippen molar-refractivity contribution in [2.45, 2.75) is 24.5 Å².